The lowest BCUT2D eigenvalue weighted by Gasteiger charge is -2.29. The van der Waals surface area contributed by atoms with Crippen LogP contribution in [0.2, 0.25) is 0 Å². The highest BCUT2D eigenvalue weighted by Crippen LogP contribution is 2.34. The van der Waals surface area contributed by atoms with E-state index >= 15 is 0 Å². The average molecular weight is 425 g/mol. The summed E-state index contributed by atoms with van der Waals surface area (Å²) in [7, 11) is 0. The summed E-state index contributed by atoms with van der Waals surface area (Å²) in [6.07, 6.45) is 6.70. The molecule has 4 aromatic rings. The molecule has 2 aliphatic rings. The Morgan fingerprint density at radius 1 is 1.16 bits per heavy atom. The van der Waals surface area contributed by atoms with Crippen molar-refractivity contribution in [3.05, 3.63) is 72.1 Å². The molecule has 0 saturated carbocycles. The molecular weight excluding hydrogens is 402 g/mol. The van der Waals surface area contributed by atoms with Gasteiger partial charge in [-0.15, -0.1) is 0 Å². The highest BCUT2D eigenvalue weighted by Gasteiger charge is 2.40. The fraction of sp³-hybridized carbons (Fsp3) is 0.250. The van der Waals surface area contributed by atoms with E-state index in [1.54, 1.807) is 12.4 Å². The molecule has 160 valence electrons. The number of hydrogen-bond donors (Lipinski definition) is 1. The molecule has 0 aliphatic carbocycles. The third-order valence-electron chi connectivity index (χ3n) is 6.01. The number of ether oxygens (including phenoxy) is 1. The van der Waals surface area contributed by atoms with Crippen LogP contribution in [0, 0.1) is 6.92 Å². The molecule has 2 saturated heterocycles. The fourth-order valence-electron chi connectivity index (χ4n) is 4.49. The van der Waals surface area contributed by atoms with Gasteiger partial charge in [0.1, 0.15) is 5.82 Å². The topological polar surface area (TPSA) is 79.9 Å². The van der Waals surface area contributed by atoms with Gasteiger partial charge in [0.15, 0.2) is 11.5 Å². The van der Waals surface area contributed by atoms with E-state index in [1.165, 1.54) is 5.56 Å². The lowest BCUT2D eigenvalue weighted by molar-refractivity contribution is 0.0987. The summed E-state index contributed by atoms with van der Waals surface area (Å²) in [4.78, 5) is 11.3. The number of aromatic nitrogens is 4. The zero-order valence-electron chi connectivity index (χ0n) is 17.7. The van der Waals surface area contributed by atoms with Gasteiger partial charge in [-0.2, -0.15) is 14.7 Å². The summed E-state index contributed by atoms with van der Waals surface area (Å²) >= 11 is 0. The number of pyridine rings is 1. The van der Waals surface area contributed by atoms with Crippen molar-refractivity contribution in [3.8, 4) is 11.3 Å². The third kappa shape index (κ3) is 3.48. The Bertz CT molecular complexity index is 1300. The molecule has 3 aromatic heterocycles. The Morgan fingerprint density at radius 2 is 2.06 bits per heavy atom. The van der Waals surface area contributed by atoms with Crippen LogP contribution in [-0.2, 0) is 4.74 Å². The first-order valence-corrected chi connectivity index (χ1v) is 10.8. The normalized spacial score (nSPS) is 20.0. The van der Waals surface area contributed by atoms with Crippen LogP contribution in [0.15, 0.2) is 66.0 Å². The first kappa shape index (κ1) is 18.9. The van der Waals surface area contributed by atoms with E-state index < -0.39 is 0 Å². The van der Waals surface area contributed by atoms with Gasteiger partial charge < -0.3 is 9.64 Å². The van der Waals surface area contributed by atoms with Crippen LogP contribution in [0.5, 0.6) is 0 Å². The molecule has 2 atom stereocenters. The molecule has 1 aromatic carbocycles. The average Bonchev–Trinajstić information content (AvgIpc) is 3.55. The number of morpholine rings is 1. The Hall–Kier alpha value is -3.78. The zero-order chi connectivity index (χ0) is 21.5. The van der Waals surface area contributed by atoms with Gasteiger partial charge in [-0.1, -0.05) is 29.8 Å². The summed E-state index contributed by atoms with van der Waals surface area (Å²) in [5, 5.41) is 9.29. The molecular formula is C24H23N7O. The van der Waals surface area contributed by atoms with E-state index in [4.69, 9.17) is 14.8 Å². The van der Waals surface area contributed by atoms with Gasteiger partial charge in [0.2, 0.25) is 0 Å². The van der Waals surface area contributed by atoms with Crippen molar-refractivity contribution in [1.82, 2.24) is 19.6 Å². The number of hydrogen-bond acceptors (Lipinski definition) is 7. The molecule has 0 amide bonds. The summed E-state index contributed by atoms with van der Waals surface area (Å²) in [5.41, 5.74) is 7.99. The Morgan fingerprint density at radius 3 is 2.84 bits per heavy atom. The monoisotopic (exact) mass is 425 g/mol. The first-order valence-electron chi connectivity index (χ1n) is 10.8. The standard InChI is InChI=1S/C24H23N7O/c1-16-3-2-4-17(9-16)13-26-28-22-12-24(30-14-20-10-19(30)15-32-20)31-23(27-22)11-21(29-31)18-5-7-25-8-6-18/h2-9,11-13,19-20H,10,14-15H2,1H3,(H,27,28)/b26-13+/t19-,20-/m1/s1. The Labute approximate surface area is 185 Å². The van der Waals surface area contributed by atoms with Gasteiger partial charge in [0, 0.05) is 36.6 Å². The summed E-state index contributed by atoms with van der Waals surface area (Å²) in [5.74, 6) is 1.68. The molecule has 0 unspecified atom stereocenters. The smallest absolute Gasteiger partial charge is 0.160 e. The maximum atomic E-state index is 5.81. The maximum Gasteiger partial charge on any atom is 0.160 e. The van der Waals surface area contributed by atoms with Gasteiger partial charge in [0.25, 0.3) is 0 Å². The van der Waals surface area contributed by atoms with E-state index in [0.29, 0.717) is 11.9 Å². The van der Waals surface area contributed by atoms with E-state index in [0.717, 1.165) is 47.9 Å². The van der Waals surface area contributed by atoms with Crippen molar-refractivity contribution >= 4 is 23.5 Å². The van der Waals surface area contributed by atoms with Crippen LogP contribution >= 0.6 is 0 Å². The van der Waals surface area contributed by atoms with Crippen molar-refractivity contribution < 1.29 is 4.74 Å². The largest absolute Gasteiger partial charge is 0.374 e. The molecule has 5 heterocycles. The number of anilines is 2. The minimum atomic E-state index is 0.286. The predicted octanol–water partition coefficient (Wildman–Crippen LogP) is 3.52. The first-order chi connectivity index (χ1) is 15.7. The summed E-state index contributed by atoms with van der Waals surface area (Å²) in [6.45, 7) is 3.68. The maximum absolute atomic E-state index is 5.81. The highest BCUT2D eigenvalue weighted by atomic mass is 16.5. The SMILES string of the molecule is Cc1cccc(/C=N/Nc2cc(N3C[C@H]4C[C@@H]3CO4)n3nc(-c4ccncc4)cc3n2)c1. The number of nitrogens with zero attached hydrogens (tertiary/aromatic N) is 6. The minimum Gasteiger partial charge on any atom is -0.374 e. The molecule has 1 N–H and O–H groups in total. The van der Waals surface area contributed by atoms with Crippen LogP contribution in [-0.4, -0.2) is 51.1 Å². The van der Waals surface area contributed by atoms with Crippen molar-refractivity contribution in [2.75, 3.05) is 23.5 Å². The lowest BCUT2D eigenvalue weighted by Crippen LogP contribution is -2.38. The number of aryl methyl sites for hydroxylation is 1. The molecule has 2 bridgehead atoms. The van der Waals surface area contributed by atoms with E-state index in [-0.39, 0.29) is 6.10 Å². The second-order valence-electron chi connectivity index (χ2n) is 8.32. The third-order valence-corrected chi connectivity index (χ3v) is 6.01. The molecule has 2 aliphatic heterocycles. The van der Waals surface area contributed by atoms with Crippen LogP contribution in [0.25, 0.3) is 16.9 Å². The van der Waals surface area contributed by atoms with Gasteiger partial charge >= 0.3 is 0 Å². The Balaban J connectivity index is 1.38. The van der Waals surface area contributed by atoms with E-state index in [1.807, 2.05) is 47.1 Å². The van der Waals surface area contributed by atoms with Crippen molar-refractivity contribution in [3.63, 3.8) is 0 Å². The van der Waals surface area contributed by atoms with Crippen molar-refractivity contribution in [2.24, 2.45) is 5.10 Å². The van der Waals surface area contributed by atoms with Crippen LogP contribution in [0.4, 0.5) is 11.6 Å². The quantitative estimate of drug-likeness (QED) is 0.389. The molecule has 0 spiro atoms. The zero-order valence-corrected chi connectivity index (χ0v) is 17.7. The number of fused-ring (bicyclic) bond motifs is 3. The highest BCUT2D eigenvalue weighted by molar-refractivity contribution is 5.80. The van der Waals surface area contributed by atoms with Gasteiger partial charge in [-0.25, -0.2) is 4.98 Å². The van der Waals surface area contributed by atoms with Crippen LogP contribution in [0.1, 0.15) is 17.5 Å². The number of rotatable bonds is 5. The van der Waals surface area contributed by atoms with Crippen molar-refractivity contribution in [2.45, 2.75) is 25.5 Å². The second kappa shape index (κ2) is 7.72. The Kier molecular flexibility index (Phi) is 4.57. The molecule has 0 radical (unpaired) electrons. The van der Waals surface area contributed by atoms with Gasteiger partial charge in [0.05, 0.1) is 30.7 Å². The molecule has 32 heavy (non-hydrogen) atoms. The number of hydrazone groups is 1. The van der Waals surface area contributed by atoms with Crippen LogP contribution < -0.4 is 10.3 Å². The molecule has 2 fully saturated rings. The molecule has 8 nitrogen and oxygen atoms in total. The lowest BCUT2D eigenvalue weighted by atomic mass is 10.2. The van der Waals surface area contributed by atoms with Gasteiger partial charge in [-0.05, 0) is 31.0 Å². The van der Waals surface area contributed by atoms with Crippen molar-refractivity contribution in [1.29, 1.82) is 0 Å². The minimum absolute atomic E-state index is 0.286. The molecule has 8 heteroatoms. The predicted molar refractivity (Wildman–Crippen MR) is 124 cm³/mol. The second-order valence-corrected chi connectivity index (χ2v) is 8.32. The fourth-order valence-corrected chi connectivity index (χ4v) is 4.49. The van der Waals surface area contributed by atoms with E-state index in [9.17, 15) is 0 Å². The number of benzene rings is 1. The number of nitrogens with one attached hydrogen (secondary N) is 1. The summed E-state index contributed by atoms with van der Waals surface area (Å²) in [6, 6.07) is 16.5. The van der Waals surface area contributed by atoms with Crippen LogP contribution in [0.3, 0.4) is 0 Å². The van der Waals surface area contributed by atoms with E-state index in [2.05, 4.69) is 39.5 Å². The van der Waals surface area contributed by atoms with Gasteiger partial charge in [-0.3, -0.25) is 10.4 Å². The summed E-state index contributed by atoms with van der Waals surface area (Å²) < 4.78 is 7.73. The molecule has 6 rings (SSSR count).